The number of amides is 1. The van der Waals surface area contributed by atoms with Crippen molar-refractivity contribution in [2.45, 2.75) is 19.4 Å². The zero-order valence-corrected chi connectivity index (χ0v) is 8.93. The molecule has 0 fully saturated rings. The molecule has 1 aromatic rings. The molecular weight excluding hydrogens is 210 g/mol. The molecule has 0 aliphatic rings. The van der Waals surface area contributed by atoms with Gasteiger partial charge in [0.15, 0.2) is 0 Å². The number of hydrogen-bond donors (Lipinski definition) is 2. The smallest absolute Gasteiger partial charge is 0.347 e. The quantitative estimate of drug-likeness (QED) is 0.616. The molecule has 2 N–H and O–H groups in total. The number of aromatic nitrogens is 2. The van der Waals surface area contributed by atoms with E-state index in [4.69, 9.17) is 5.11 Å². The SMILES string of the molecule is O=C(Cn1cccnc1=O)NCCCCO. The van der Waals surface area contributed by atoms with Gasteiger partial charge >= 0.3 is 5.69 Å². The molecule has 0 unspecified atom stereocenters. The minimum atomic E-state index is -0.437. The topological polar surface area (TPSA) is 84.2 Å². The summed E-state index contributed by atoms with van der Waals surface area (Å²) >= 11 is 0. The lowest BCUT2D eigenvalue weighted by Crippen LogP contribution is -2.33. The van der Waals surface area contributed by atoms with Crippen LogP contribution in [0.25, 0.3) is 0 Å². The van der Waals surface area contributed by atoms with E-state index < -0.39 is 5.69 Å². The fraction of sp³-hybridized carbons (Fsp3) is 0.500. The number of rotatable bonds is 6. The Labute approximate surface area is 92.9 Å². The van der Waals surface area contributed by atoms with Crippen LogP contribution in [-0.4, -0.2) is 33.7 Å². The van der Waals surface area contributed by atoms with E-state index in [2.05, 4.69) is 10.3 Å². The minimum absolute atomic E-state index is 0.0220. The van der Waals surface area contributed by atoms with Crippen LogP contribution < -0.4 is 11.0 Å². The summed E-state index contributed by atoms with van der Waals surface area (Å²) in [5.41, 5.74) is -0.437. The lowest BCUT2D eigenvalue weighted by molar-refractivity contribution is -0.121. The Kier molecular flexibility index (Phi) is 5.21. The first-order chi connectivity index (χ1) is 7.74. The van der Waals surface area contributed by atoms with Gasteiger partial charge < -0.3 is 10.4 Å². The number of nitrogens with zero attached hydrogens (tertiary/aromatic N) is 2. The Morgan fingerprint density at radius 2 is 2.31 bits per heavy atom. The summed E-state index contributed by atoms with van der Waals surface area (Å²) in [5, 5.41) is 11.2. The van der Waals surface area contributed by atoms with Gasteiger partial charge in [-0.2, -0.15) is 0 Å². The summed E-state index contributed by atoms with van der Waals surface area (Å²) in [6.07, 6.45) is 4.29. The summed E-state index contributed by atoms with van der Waals surface area (Å²) in [5.74, 6) is -0.229. The van der Waals surface area contributed by atoms with Crippen LogP contribution >= 0.6 is 0 Å². The van der Waals surface area contributed by atoms with Gasteiger partial charge in [-0.15, -0.1) is 0 Å². The van der Waals surface area contributed by atoms with Crippen molar-refractivity contribution in [1.82, 2.24) is 14.9 Å². The third-order valence-corrected chi connectivity index (χ3v) is 2.00. The number of hydrogen-bond acceptors (Lipinski definition) is 4. The normalized spacial score (nSPS) is 10.1. The maximum atomic E-state index is 11.4. The third-order valence-electron chi connectivity index (χ3n) is 2.00. The van der Waals surface area contributed by atoms with Crippen LogP contribution in [0.1, 0.15) is 12.8 Å². The van der Waals surface area contributed by atoms with E-state index in [1.807, 2.05) is 0 Å². The molecule has 6 nitrogen and oxygen atoms in total. The van der Waals surface area contributed by atoms with Crippen LogP contribution in [0.5, 0.6) is 0 Å². The predicted octanol–water partition coefficient (Wildman–Crippen LogP) is -0.868. The van der Waals surface area contributed by atoms with E-state index >= 15 is 0 Å². The van der Waals surface area contributed by atoms with Gasteiger partial charge in [-0.1, -0.05) is 0 Å². The molecule has 0 saturated carbocycles. The second kappa shape index (κ2) is 6.73. The second-order valence-corrected chi connectivity index (χ2v) is 3.31. The highest BCUT2D eigenvalue weighted by atomic mass is 16.3. The zero-order chi connectivity index (χ0) is 11.8. The average Bonchev–Trinajstić information content (AvgIpc) is 2.28. The lowest BCUT2D eigenvalue weighted by Gasteiger charge is -2.05. The largest absolute Gasteiger partial charge is 0.396 e. The summed E-state index contributed by atoms with van der Waals surface area (Å²) < 4.78 is 1.24. The molecule has 1 aromatic heterocycles. The molecule has 16 heavy (non-hydrogen) atoms. The molecule has 6 heteroatoms. The van der Waals surface area contributed by atoms with Gasteiger partial charge in [0.1, 0.15) is 6.54 Å². The number of aliphatic hydroxyl groups is 1. The Hall–Kier alpha value is -1.69. The molecule has 0 aromatic carbocycles. The highest BCUT2D eigenvalue weighted by molar-refractivity contribution is 5.75. The van der Waals surface area contributed by atoms with E-state index in [-0.39, 0.29) is 19.1 Å². The van der Waals surface area contributed by atoms with E-state index in [0.717, 1.165) is 6.42 Å². The Morgan fingerprint density at radius 1 is 1.50 bits per heavy atom. The van der Waals surface area contributed by atoms with Gasteiger partial charge in [-0.25, -0.2) is 9.78 Å². The molecule has 0 aliphatic heterocycles. The van der Waals surface area contributed by atoms with Crippen molar-refractivity contribution in [3.8, 4) is 0 Å². The maximum Gasteiger partial charge on any atom is 0.347 e. The number of aliphatic hydroxyl groups excluding tert-OH is 1. The van der Waals surface area contributed by atoms with E-state index in [9.17, 15) is 9.59 Å². The van der Waals surface area contributed by atoms with Crippen molar-refractivity contribution >= 4 is 5.91 Å². The van der Waals surface area contributed by atoms with Gasteiger partial charge in [0.05, 0.1) is 0 Å². The fourth-order valence-corrected chi connectivity index (χ4v) is 1.18. The van der Waals surface area contributed by atoms with Crippen LogP contribution in [-0.2, 0) is 11.3 Å². The lowest BCUT2D eigenvalue weighted by atomic mass is 10.3. The highest BCUT2D eigenvalue weighted by Gasteiger charge is 2.02. The maximum absolute atomic E-state index is 11.4. The molecule has 0 radical (unpaired) electrons. The van der Waals surface area contributed by atoms with Gasteiger partial charge in [0, 0.05) is 25.5 Å². The number of unbranched alkanes of at least 4 members (excludes halogenated alkanes) is 1. The van der Waals surface area contributed by atoms with E-state index in [1.54, 1.807) is 6.07 Å². The fourth-order valence-electron chi connectivity index (χ4n) is 1.18. The van der Waals surface area contributed by atoms with Gasteiger partial charge in [-0.3, -0.25) is 9.36 Å². The summed E-state index contributed by atoms with van der Waals surface area (Å²) in [6, 6.07) is 1.60. The molecule has 0 saturated heterocycles. The number of carbonyl (C=O) groups excluding carboxylic acids is 1. The van der Waals surface area contributed by atoms with Crippen LogP contribution in [0.3, 0.4) is 0 Å². The Morgan fingerprint density at radius 3 is 3.00 bits per heavy atom. The van der Waals surface area contributed by atoms with Crippen LogP contribution in [0.4, 0.5) is 0 Å². The summed E-state index contributed by atoms with van der Waals surface area (Å²) in [7, 11) is 0. The van der Waals surface area contributed by atoms with Gasteiger partial charge in [0.25, 0.3) is 0 Å². The number of carbonyl (C=O) groups is 1. The van der Waals surface area contributed by atoms with Crippen molar-refractivity contribution < 1.29 is 9.90 Å². The zero-order valence-electron chi connectivity index (χ0n) is 8.93. The van der Waals surface area contributed by atoms with Crippen LogP contribution in [0.2, 0.25) is 0 Å². The Bertz CT molecular complexity index is 389. The van der Waals surface area contributed by atoms with Crippen molar-refractivity contribution in [2.24, 2.45) is 0 Å². The standard InChI is InChI=1S/C10H15N3O3/c14-7-2-1-4-11-9(15)8-13-6-3-5-12-10(13)16/h3,5-6,14H,1-2,4,7-8H2,(H,11,15). The molecule has 1 heterocycles. The molecule has 1 amide bonds. The van der Waals surface area contributed by atoms with Crippen LogP contribution in [0.15, 0.2) is 23.3 Å². The molecule has 1 rings (SSSR count). The van der Waals surface area contributed by atoms with E-state index in [0.29, 0.717) is 13.0 Å². The monoisotopic (exact) mass is 225 g/mol. The first-order valence-electron chi connectivity index (χ1n) is 5.13. The molecule has 0 bridgehead atoms. The summed E-state index contributed by atoms with van der Waals surface area (Å²) in [6.45, 7) is 0.609. The Balaban J connectivity index is 2.35. The third kappa shape index (κ3) is 4.22. The first-order valence-corrected chi connectivity index (χ1v) is 5.13. The minimum Gasteiger partial charge on any atom is -0.396 e. The van der Waals surface area contributed by atoms with Gasteiger partial charge in [0.2, 0.25) is 5.91 Å². The van der Waals surface area contributed by atoms with Gasteiger partial charge in [-0.05, 0) is 18.9 Å². The summed E-state index contributed by atoms with van der Waals surface area (Å²) in [4.78, 5) is 26.1. The van der Waals surface area contributed by atoms with E-state index in [1.165, 1.54) is 17.0 Å². The van der Waals surface area contributed by atoms with Crippen molar-refractivity contribution in [3.63, 3.8) is 0 Å². The molecule has 88 valence electrons. The molecule has 0 atom stereocenters. The van der Waals surface area contributed by atoms with Crippen molar-refractivity contribution in [2.75, 3.05) is 13.2 Å². The predicted molar refractivity (Wildman–Crippen MR) is 57.8 cm³/mol. The molecule has 0 aliphatic carbocycles. The van der Waals surface area contributed by atoms with Crippen LogP contribution in [0, 0.1) is 0 Å². The van der Waals surface area contributed by atoms with Crippen molar-refractivity contribution in [3.05, 3.63) is 28.9 Å². The molecule has 0 spiro atoms. The second-order valence-electron chi connectivity index (χ2n) is 3.31. The molecular formula is C10H15N3O3. The highest BCUT2D eigenvalue weighted by Crippen LogP contribution is 1.85. The number of nitrogens with one attached hydrogen (secondary N) is 1. The van der Waals surface area contributed by atoms with Crippen molar-refractivity contribution in [1.29, 1.82) is 0 Å². The first kappa shape index (κ1) is 12.4. The average molecular weight is 225 g/mol.